The summed E-state index contributed by atoms with van der Waals surface area (Å²) in [5.41, 5.74) is 2.44. The number of aromatic nitrogens is 3. The van der Waals surface area contributed by atoms with Crippen LogP contribution in [-0.4, -0.2) is 20.9 Å². The molecule has 0 radical (unpaired) electrons. The van der Waals surface area contributed by atoms with Crippen molar-refractivity contribution in [3.05, 3.63) is 76.3 Å². The molecular weight excluding hydrogens is 316 g/mol. The van der Waals surface area contributed by atoms with Crippen molar-refractivity contribution in [3.8, 4) is 0 Å². The van der Waals surface area contributed by atoms with Crippen LogP contribution >= 0.6 is 0 Å². The molecule has 6 heteroatoms. The average Bonchev–Trinajstić information content (AvgIpc) is 3.05. The van der Waals surface area contributed by atoms with Gasteiger partial charge in [-0.2, -0.15) is 0 Å². The van der Waals surface area contributed by atoms with Crippen LogP contribution in [0.4, 0.5) is 0 Å². The molecule has 1 unspecified atom stereocenters. The van der Waals surface area contributed by atoms with Gasteiger partial charge in [-0.15, -0.1) is 0 Å². The third-order valence-electron chi connectivity index (χ3n) is 4.16. The molecule has 0 bridgehead atoms. The lowest BCUT2D eigenvalue weighted by atomic mass is 10.1. The van der Waals surface area contributed by atoms with Gasteiger partial charge in [-0.25, -0.2) is 4.98 Å². The first-order valence-electron chi connectivity index (χ1n) is 7.99. The lowest BCUT2D eigenvalue weighted by Gasteiger charge is -2.12. The molecule has 0 fully saturated rings. The second kappa shape index (κ2) is 5.90. The summed E-state index contributed by atoms with van der Waals surface area (Å²) in [5, 5.41) is 3.61. The van der Waals surface area contributed by atoms with Crippen LogP contribution in [0.3, 0.4) is 0 Å². The minimum atomic E-state index is -0.321. The number of amides is 1. The maximum atomic E-state index is 12.7. The lowest BCUT2D eigenvalue weighted by molar-refractivity contribution is 0.0940. The maximum absolute atomic E-state index is 12.7. The highest BCUT2D eigenvalue weighted by Gasteiger charge is 2.17. The highest BCUT2D eigenvalue weighted by molar-refractivity contribution is 6.06. The van der Waals surface area contributed by atoms with Gasteiger partial charge in [-0.1, -0.05) is 30.3 Å². The molecule has 1 amide bonds. The molecule has 0 aliphatic carbocycles. The van der Waals surface area contributed by atoms with E-state index in [9.17, 15) is 9.59 Å². The normalized spacial score (nSPS) is 12.4. The maximum Gasteiger partial charge on any atom is 0.252 e. The van der Waals surface area contributed by atoms with Crippen molar-refractivity contribution in [1.29, 1.82) is 0 Å². The van der Waals surface area contributed by atoms with Gasteiger partial charge in [-0.3, -0.25) is 9.59 Å². The number of rotatable bonds is 3. The topological polar surface area (TPSA) is 90.6 Å². The molecule has 2 aromatic heterocycles. The molecule has 6 nitrogen and oxygen atoms in total. The van der Waals surface area contributed by atoms with E-state index in [2.05, 4.69) is 20.3 Å². The molecule has 4 rings (SSSR count). The van der Waals surface area contributed by atoms with E-state index in [-0.39, 0.29) is 17.5 Å². The highest BCUT2D eigenvalue weighted by atomic mass is 16.2. The molecule has 2 heterocycles. The lowest BCUT2D eigenvalue weighted by Crippen LogP contribution is -2.28. The Bertz CT molecular complexity index is 1110. The molecular formula is C19H16N4O2. The van der Waals surface area contributed by atoms with Gasteiger partial charge < -0.3 is 15.3 Å². The summed E-state index contributed by atoms with van der Waals surface area (Å²) in [6.07, 6.45) is 0. The number of fused-ring (bicyclic) bond motifs is 2. The number of imidazole rings is 1. The SMILES string of the molecule is CC(NC(=O)c1cc(=O)[nH]c2ccccc12)c1nc2ccccc2[nH]1. The van der Waals surface area contributed by atoms with Crippen LogP contribution in [0.5, 0.6) is 0 Å². The van der Waals surface area contributed by atoms with Gasteiger partial charge >= 0.3 is 0 Å². The van der Waals surface area contributed by atoms with Crippen molar-refractivity contribution < 1.29 is 4.79 Å². The molecule has 0 aliphatic rings. The Kier molecular flexibility index (Phi) is 3.57. The minimum Gasteiger partial charge on any atom is -0.342 e. The quantitative estimate of drug-likeness (QED) is 0.539. The fourth-order valence-corrected chi connectivity index (χ4v) is 2.91. The third kappa shape index (κ3) is 2.78. The molecule has 0 aliphatic heterocycles. The second-order valence-electron chi connectivity index (χ2n) is 5.93. The van der Waals surface area contributed by atoms with Gasteiger partial charge in [0.15, 0.2) is 0 Å². The first-order valence-corrected chi connectivity index (χ1v) is 7.99. The van der Waals surface area contributed by atoms with Crippen LogP contribution in [0.1, 0.15) is 29.1 Å². The van der Waals surface area contributed by atoms with E-state index in [0.717, 1.165) is 11.0 Å². The monoisotopic (exact) mass is 332 g/mol. The largest absolute Gasteiger partial charge is 0.342 e. The fourth-order valence-electron chi connectivity index (χ4n) is 2.91. The summed E-state index contributed by atoms with van der Waals surface area (Å²) in [6, 6.07) is 15.9. The molecule has 2 aromatic carbocycles. The van der Waals surface area contributed by atoms with Gasteiger partial charge in [0.05, 0.1) is 22.6 Å². The van der Waals surface area contributed by atoms with Gasteiger partial charge in [0.25, 0.3) is 5.91 Å². The average molecular weight is 332 g/mol. The number of nitrogens with one attached hydrogen (secondary N) is 3. The van der Waals surface area contributed by atoms with Crippen LogP contribution in [0, 0.1) is 0 Å². The van der Waals surface area contributed by atoms with Gasteiger partial charge in [0.2, 0.25) is 5.56 Å². The van der Waals surface area contributed by atoms with Gasteiger partial charge in [-0.05, 0) is 25.1 Å². The predicted octanol–water partition coefficient (Wildman–Crippen LogP) is 2.90. The first kappa shape index (κ1) is 15.1. The van der Waals surface area contributed by atoms with Crippen LogP contribution in [0.25, 0.3) is 21.9 Å². The van der Waals surface area contributed by atoms with Crippen molar-refractivity contribution in [2.45, 2.75) is 13.0 Å². The molecule has 0 saturated heterocycles. The number of benzene rings is 2. The number of pyridine rings is 1. The zero-order valence-corrected chi connectivity index (χ0v) is 13.5. The summed E-state index contributed by atoms with van der Waals surface area (Å²) in [5.74, 6) is 0.360. The van der Waals surface area contributed by atoms with Gasteiger partial charge in [0.1, 0.15) is 5.82 Å². The number of aromatic amines is 2. The summed E-state index contributed by atoms with van der Waals surface area (Å²) in [4.78, 5) is 35.0. The van der Waals surface area contributed by atoms with Crippen LogP contribution < -0.4 is 10.9 Å². The molecule has 0 saturated carbocycles. The Morgan fingerprint density at radius 3 is 2.56 bits per heavy atom. The van der Waals surface area contributed by atoms with E-state index in [0.29, 0.717) is 22.3 Å². The predicted molar refractivity (Wildman–Crippen MR) is 96.5 cm³/mol. The third-order valence-corrected chi connectivity index (χ3v) is 4.16. The Labute approximate surface area is 142 Å². The zero-order chi connectivity index (χ0) is 17.4. The summed E-state index contributed by atoms with van der Waals surface area (Å²) in [6.45, 7) is 1.85. The Hall–Kier alpha value is -3.41. The number of hydrogen-bond acceptors (Lipinski definition) is 3. The molecule has 25 heavy (non-hydrogen) atoms. The van der Waals surface area contributed by atoms with Crippen LogP contribution in [0.15, 0.2) is 59.4 Å². The first-order chi connectivity index (χ1) is 12.1. The molecule has 124 valence electrons. The number of para-hydroxylation sites is 3. The van der Waals surface area contributed by atoms with Crippen molar-refractivity contribution in [2.24, 2.45) is 0 Å². The van der Waals surface area contributed by atoms with Crippen LogP contribution in [0.2, 0.25) is 0 Å². The Morgan fingerprint density at radius 1 is 1.04 bits per heavy atom. The van der Waals surface area contributed by atoms with Crippen molar-refractivity contribution in [2.75, 3.05) is 0 Å². The Morgan fingerprint density at radius 2 is 1.76 bits per heavy atom. The number of nitrogens with zero attached hydrogens (tertiary/aromatic N) is 1. The molecule has 1 atom stereocenters. The van der Waals surface area contributed by atoms with E-state index < -0.39 is 0 Å². The molecule has 4 aromatic rings. The summed E-state index contributed by atoms with van der Waals surface area (Å²) in [7, 11) is 0. The fraction of sp³-hybridized carbons (Fsp3) is 0.105. The van der Waals surface area contributed by atoms with E-state index in [1.807, 2.05) is 49.4 Å². The Balaban J connectivity index is 1.66. The van der Waals surface area contributed by atoms with Crippen molar-refractivity contribution in [3.63, 3.8) is 0 Å². The molecule has 3 N–H and O–H groups in total. The van der Waals surface area contributed by atoms with Crippen LogP contribution in [-0.2, 0) is 0 Å². The highest BCUT2D eigenvalue weighted by Crippen LogP contribution is 2.18. The smallest absolute Gasteiger partial charge is 0.252 e. The standard InChI is InChI=1S/C19H16N4O2/c1-11(18-22-15-8-4-5-9-16(15)23-18)20-19(25)13-10-17(24)21-14-7-3-2-6-12(13)14/h2-11H,1H3,(H,20,25)(H,21,24)(H,22,23). The van der Waals surface area contributed by atoms with Gasteiger partial charge in [0, 0.05) is 17.0 Å². The zero-order valence-electron chi connectivity index (χ0n) is 13.5. The minimum absolute atomic E-state index is 0.305. The number of H-pyrrole nitrogens is 2. The van der Waals surface area contributed by atoms with Crippen molar-refractivity contribution >= 4 is 27.8 Å². The second-order valence-corrected chi connectivity index (χ2v) is 5.93. The number of carbonyl (C=O) groups is 1. The van der Waals surface area contributed by atoms with E-state index in [1.165, 1.54) is 6.07 Å². The number of carbonyl (C=O) groups excluding carboxylic acids is 1. The number of hydrogen-bond donors (Lipinski definition) is 3. The van der Waals surface area contributed by atoms with E-state index in [4.69, 9.17) is 0 Å². The van der Waals surface area contributed by atoms with E-state index >= 15 is 0 Å². The molecule has 0 spiro atoms. The van der Waals surface area contributed by atoms with Crippen molar-refractivity contribution in [1.82, 2.24) is 20.3 Å². The summed E-state index contributed by atoms with van der Waals surface area (Å²) < 4.78 is 0. The van der Waals surface area contributed by atoms with E-state index in [1.54, 1.807) is 6.07 Å². The summed E-state index contributed by atoms with van der Waals surface area (Å²) >= 11 is 0.